The third kappa shape index (κ3) is 4.93. The van der Waals surface area contributed by atoms with Crippen molar-refractivity contribution in [1.29, 1.82) is 0 Å². The van der Waals surface area contributed by atoms with Crippen molar-refractivity contribution in [3.05, 3.63) is 65.2 Å². The van der Waals surface area contributed by atoms with E-state index in [1.165, 1.54) is 0 Å². The Hall–Kier alpha value is -2.66. The van der Waals surface area contributed by atoms with Crippen molar-refractivity contribution in [2.24, 2.45) is 0 Å². The van der Waals surface area contributed by atoms with Crippen LogP contribution in [0.4, 0.5) is 0 Å². The monoisotopic (exact) mass is 327 g/mol. The van der Waals surface area contributed by atoms with Crippen molar-refractivity contribution >= 4 is 12.2 Å². The lowest BCUT2D eigenvalue weighted by Gasteiger charge is -2.14. The van der Waals surface area contributed by atoms with Gasteiger partial charge in [-0.2, -0.15) is 0 Å². The Bertz CT molecular complexity index is 685. The molecule has 0 aromatic heterocycles. The summed E-state index contributed by atoms with van der Waals surface area (Å²) in [5, 5.41) is 2.66. The molecule has 0 heterocycles. The zero-order valence-electron chi connectivity index (χ0n) is 13.8. The van der Waals surface area contributed by atoms with Crippen LogP contribution in [0.3, 0.4) is 0 Å². The number of ether oxygens (including phenoxy) is 2. The van der Waals surface area contributed by atoms with Crippen LogP contribution < -0.4 is 10.1 Å². The van der Waals surface area contributed by atoms with Gasteiger partial charge in [0, 0.05) is 5.56 Å². The lowest BCUT2D eigenvalue weighted by Crippen LogP contribution is -2.39. The summed E-state index contributed by atoms with van der Waals surface area (Å²) >= 11 is 0. The lowest BCUT2D eigenvalue weighted by molar-refractivity contribution is -0.110. The summed E-state index contributed by atoms with van der Waals surface area (Å²) in [7, 11) is 1.58. The molecule has 0 aliphatic carbocycles. The van der Waals surface area contributed by atoms with Crippen LogP contribution in [0.2, 0.25) is 0 Å². The second-order valence-corrected chi connectivity index (χ2v) is 5.40. The molecule has 24 heavy (non-hydrogen) atoms. The van der Waals surface area contributed by atoms with Crippen molar-refractivity contribution < 1.29 is 19.1 Å². The SMILES string of the molecule is COc1ccc(C(=O)NC(C=O)COCc2ccccc2)cc1C. The Morgan fingerprint density at radius 2 is 1.96 bits per heavy atom. The number of carbonyl (C=O) groups excluding carboxylic acids is 2. The standard InChI is InChI=1S/C19H21NO4/c1-14-10-16(8-9-18(14)23-2)19(22)20-17(11-21)13-24-12-15-6-4-3-5-7-15/h3-11,17H,12-13H2,1-2H3,(H,20,22). The molecule has 0 fully saturated rings. The summed E-state index contributed by atoms with van der Waals surface area (Å²) in [5.41, 5.74) is 2.34. The third-order valence-electron chi connectivity index (χ3n) is 3.55. The van der Waals surface area contributed by atoms with Gasteiger partial charge in [0.25, 0.3) is 5.91 Å². The summed E-state index contributed by atoms with van der Waals surface area (Å²) < 4.78 is 10.7. The smallest absolute Gasteiger partial charge is 0.251 e. The average molecular weight is 327 g/mol. The zero-order valence-corrected chi connectivity index (χ0v) is 13.8. The van der Waals surface area contributed by atoms with E-state index in [2.05, 4.69) is 5.32 Å². The summed E-state index contributed by atoms with van der Waals surface area (Å²) in [4.78, 5) is 23.4. The number of amides is 1. The van der Waals surface area contributed by atoms with Crippen molar-refractivity contribution in [3.8, 4) is 5.75 Å². The van der Waals surface area contributed by atoms with E-state index in [1.807, 2.05) is 37.3 Å². The van der Waals surface area contributed by atoms with Gasteiger partial charge in [-0.3, -0.25) is 4.79 Å². The van der Waals surface area contributed by atoms with Crippen LogP contribution in [0, 0.1) is 6.92 Å². The van der Waals surface area contributed by atoms with Gasteiger partial charge in [0.05, 0.1) is 20.3 Å². The van der Waals surface area contributed by atoms with Gasteiger partial charge in [0.15, 0.2) is 0 Å². The quantitative estimate of drug-likeness (QED) is 0.757. The fourth-order valence-corrected chi connectivity index (χ4v) is 2.26. The maximum absolute atomic E-state index is 12.2. The molecule has 5 heteroatoms. The van der Waals surface area contributed by atoms with Gasteiger partial charge in [-0.1, -0.05) is 30.3 Å². The predicted octanol–water partition coefficient (Wildman–Crippen LogP) is 2.52. The number of aldehydes is 1. The molecule has 1 unspecified atom stereocenters. The van der Waals surface area contributed by atoms with Crippen LogP contribution in [0.1, 0.15) is 21.5 Å². The van der Waals surface area contributed by atoms with E-state index in [0.717, 1.165) is 11.1 Å². The first-order chi connectivity index (χ1) is 11.6. The third-order valence-corrected chi connectivity index (χ3v) is 3.55. The molecule has 0 saturated carbocycles. The molecular weight excluding hydrogens is 306 g/mol. The highest BCUT2D eigenvalue weighted by Gasteiger charge is 2.14. The number of carbonyl (C=O) groups is 2. The highest BCUT2D eigenvalue weighted by molar-refractivity contribution is 5.96. The van der Waals surface area contributed by atoms with E-state index in [4.69, 9.17) is 9.47 Å². The van der Waals surface area contributed by atoms with Crippen LogP contribution in [-0.2, 0) is 16.1 Å². The molecule has 0 aliphatic heterocycles. The number of hydrogen-bond acceptors (Lipinski definition) is 4. The highest BCUT2D eigenvalue weighted by atomic mass is 16.5. The van der Waals surface area contributed by atoms with E-state index in [9.17, 15) is 9.59 Å². The van der Waals surface area contributed by atoms with Crippen LogP contribution in [0.5, 0.6) is 5.75 Å². The van der Waals surface area contributed by atoms with Crippen molar-refractivity contribution in [2.75, 3.05) is 13.7 Å². The van der Waals surface area contributed by atoms with E-state index >= 15 is 0 Å². The lowest BCUT2D eigenvalue weighted by atomic mass is 10.1. The molecule has 2 aromatic carbocycles. The zero-order chi connectivity index (χ0) is 17.4. The molecule has 126 valence electrons. The van der Waals surface area contributed by atoms with Crippen molar-refractivity contribution in [2.45, 2.75) is 19.6 Å². The Balaban J connectivity index is 1.88. The molecule has 1 N–H and O–H groups in total. The van der Waals surface area contributed by atoms with Gasteiger partial charge in [0.1, 0.15) is 18.1 Å². The molecule has 5 nitrogen and oxygen atoms in total. The molecule has 0 aliphatic rings. The predicted molar refractivity (Wildman–Crippen MR) is 91.1 cm³/mol. The molecular formula is C19H21NO4. The van der Waals surface area contributed by atoms with Crippen LogP contribution in [0.25, 0.3) is 0 Å². The van der Waals surface area contributed by atoms with Crippen LogP contribution in [0.15, 0.2) is 48.5 Å². The van der Waals surface area contributed by atoms with E-state index < -0.39 is 6.04 Å². The molecule has 1 atom stereocenters. The number of hydrogen-bond donors (Lipinski definition) is 1. The number of benzene rings is 2. The summed E-state index contributed by atoms with van der Waals surface area (Å²) in [6.45, 7) is 2.37. The number of aryl methyl sites for hydroxylation is 1. The van der Waals surface area contributed by atoms with Gasteiger partial charge < -0.3 is 19.6 Å². The largest absolute Gasteiger partial charge is 0.496 e. The minimum atomic E-state index is -0.691. The summed E-state index contributed by atoms with van der Waals surface area (Å²) in [6, 6.07) is 14.1. The fourth-order valence-electron chi connectivity index (χ4n) is 2.26. The van der Waals surface area contributed by atoms with Crippen molar-refractivity contribution in [1.82, 2.24) is 5.32 Å². The number of methoxy groups -OCH3 is 1. The van der Waals surface area contributed by atoms with Gasteiger partial charge in [-0.15, -0.1) is 0 Å². The first kappa shape index (κ1) is 17.7. The second kappa shape index (κ2) is 8.84. The molecule has 2 aromatic rings. The first-order valence-corrected chi connectivity index (χ1v) is 7.66. The minimum absolute atomic E-state index is 0.124. The second-order valence-electron chi connectivity index (χ2n) is 5.40. The Morgan fingerprint density at radius 3 is 2.58 bits per heavy atom. The van der Waals surface area contributed by atoms with Crippen LogP contribution >= 0.6 is 0 Å². The van der Waals surface area contributed by atoms with Gasteiger partial charge >= 0.3 is 0 Å². The van der Waals surface area contributed by atoms with Gasteiger partial charge in [0.2, 0.25) is 0 Å². The Labute approximate surface area is 141 Å². The van der Waals surface area contributed by atoms with Gasteiger partial charge in [-0.05, 0) is 36.2 Å². The fraction of sp³-hybridized carbons (Fsp3) is 0.263. The summed E-state index contributed by atoms with van der Waals surface area (Å²) in [5.74, 6) is 0.394. The molecule has 0 radical (unpaired) electrons. The van der Waals surface area contributed by atoms with E-state index in [1.54, 1.807) is 25.3 Å². The summed E-state index contributed by atoms with van der Waals surface area (Å²) in [6.07, 6.45) is 0.680. The van der Waals surface area contributed by atoms with Gasteiger partial charge in [-0.25, -0.2) is 0 Å². The topological polar surface area (TPSA) is 64.6 Å². The Morgan fingerprint density at radius 1 is 1.21 bits per heavy atom. The normalized spacial score (nSPS) is 11.6. The number of rotatable bonds is 8. The molecule has 0 saturated heterocycles. The molecule has 0 bridgehead atoms. The average Bonchev–Trinajstić information content (AvgIpc) is 2.61. The maximum Gasteiger partial charge on any atom is 0.251 e. The minimum Gasteiger partial charge on any atom is -0.496 e. The Kier molecular flexibility index (Phi) is 6.51. The van der Waals surface area contributed by atoms with E-state index in [0.29, 0.717) is 24.2 Å². The molecule has 1 amide bonds. The molecule has 0 spiro atoms. The maximum atomic E-state index is 12.2. The first-order valence-electron chi connectivity index (χ1n) is 7.66. The molecule has 2 rings (SSSR count). The highest BCUT2D eigenvalue weighted by Crippen LogP contribution is 2.18. The van der Waals surface area contributed by atoms with Crippen molar-refractivity contribution in [3.63, 3.8) is 0 Å². The van der Waals surface area contributed by atoms with Crippen LogP contribution in [-0.4, -0.2) is 32.0 Å². The number of nitrogens with one attached hydrogen (secondary N) is 1. The van der Waals surface area contributed by atoms with E-state index in [-0.39, 0.29) is 12.5 Å².